The van der Waals surface area contributed by atoms with Gasteiger partial charge in [-0.05, 0) is 11.8 Å². The highest BCUT2D eigenvalue weighted by Crippen LogP contribution is 2.19. The lowest BCUT2D eigenvalue weighted by atomic mass is 9.88. The molecule has 0 bridgehead atoms. The second-order valence-corrected chi connectivity index (χ2v) is 5.20. The van der Waals surface area contributed by atoms with Gasteiger partial charge in [-0.2, -0.15) is 0 Å². The van der Waals surface area contributed by atoms with Crippen molar-refractivity contribution < 1.29 is 0 Å². The van der Waals surface area contributed by atoms with Crippen molar-refractivity contribution in [3.63, 3.8) is 0 Å². The minimum atomic E-state index is -0.165. The molecule has 0 aliphatic rings. The highest BCUT2D eigenvalue weighted by Gasteiger charge is 2.15. The van der Waals surface area contributed by atoms with Gasteiger partial charge < -0.3 is 16.0 Å². The molecule has 1 heterocycles. The summed E-state index contributed by atoms with van der Waals surface area (Å²) in [6.07, 6.45) is 2.29. The molecule has 1 aromatic rings. The lowest BCUT2D eigenvalue weighted by molar-refractivity contribution is 0.344. The van der Waals surface area contributed by atoms with E-state index in [1.165, 1.54) is 12.4 Å². The Labute approximate surface area is 95.5 Å². The van der Waals surface area contributed by atoms with Gasteiger partial charge in [0.15, 0.2) is 0 Å². The van der Waals surface area contributed by atoms with E-state index in [2.05, 4.69) is 36.1 Å². The molecule has 1 rings (SSSR count). The van der Waals surface area contributed by atoms with Gasteiger partial charge in [0.1, 0.15) is 5.82 Å². The zero-order valence-corrected chi connectivity index (χ0v) is 10.1. The van der Waals surface area contributed by atoms with Crippen LogP contribution in [0.2, 0.25) is 0 Å². The van der Waals surface area contributed by atoms with E-state index in [0.29, 0.717) is 12.4 Å². The van der Waals surface area contributed by atoms with Crippen LogP contribution in [0.5, 0.6) is 0 Å². The van der Waals surface area contributed by atoms with Crippen LogP contribution in [-0.4, -0.2) is 22.6 Å². The van der Waals surface area contributed by atoms with Crippen LogP contribution in [0.15, 0.2) is 17.2 Å². The molecule has 16 heavy (non-hydrogen) atoms. The van der Waals surface area contributed by atoms with Crippen molar-refractivity contribution in [3.05, 3.63) is 22.7 Å². The Morgan fingerprint density at radius 3 is 2.81 bits per heavy atom. The van der Waals surface area contributed by atoms with Crippen LogP contribution in [0, 0.1) is 5.41 Å². The van der Waals surface area contributed by atoms with Gasteiger partial charge in [0.25, 0.3) is 5.56 Å². The molecule has 0 fully saturated rings. The molecule has 0 aromatic carbocycles. The first-order chi connectivity index (χ1) is 7.37. The Balaban J connectivity index is 2.43. The summed E-state index contributed by atoms with van der Waals surface area (Å²) in [5, 5.41) is 3.05. The zero-order chi connectivity index (χ0) is 12.2. The Kier molecular flexibility index (Phi) is 4.06. The molecule has 1 aromatic heterocycles. The largest absolute Gasteiger partial charge is 0.368 e. The Morgan fingerprint density at radius 2 is 2.25 bits per heavy atom. The van der Waals surface area contributed by atoms with Crippen LogP contribution in [0.1, 0.15) is 27.2 Å². The van der Waals surface area contributed by atoms with E-state index in [4.69, 9.17) is 5.73 Å². The molecule has 0 radical (unpaired) electrons. The molecule has 0 saturated heterocycles. The maximum absolute atomic E-state index is 11.0. The van der Waals surface area contributed by atoms with Gasteiger partial charge >= 0.3 is 0 Å². The van der Waals surface area contributed by atoms with Crippen LogP contribution >= 0.6 is 0 Å². The molecule has 0 aliphatic heterocycles. The summed E-state index contributed by atoms with van der Waals surface area (Å²) in [5.41, 5.74) is 6.02. The molecule has 4 N–H and O–H groups in total. The number of nitrogens with two attached hydrogens (primary N) is 1. The lowest BCUT2D eigenvalue weighted by Gasteiger charge is -2.23. The van der Waals surface area contributed by atoms with Gasteiger partial charge in [-0.25, -0.2) is 4.98 Å². The number of aromatic amines is 1. The SMILES string of the molecule is CC(C)(C)CC(N)CNc1cc(=O)[nH]cn1. The summed E-state index contributed by atoms with van der Waals surface area (Å²) in [6, 6.07) is 1.48. The van der Waals surface area contributed by atoms with Crippen LogP contribution in [0.4, 0.5) is 5.82 Å². The van der Waals surface area contributed by atoms with Gasteiger partial charge in [0.05, 0.1) is 6.33 Å². The van der Waals surface area contributed by atoms with Crippen LogP contribution in [0.25, 0.3) is 0 Å². The fourth-order valence-corrected chi connectivity index (χ4v) is 1.56. The molecular weight excluding hydrogens is 204 g/mol. The zero-order valence-electron chi connectivity index (χ0n) is 10.1. The van der Waals surface area contributed by atoms with Crippen molar-refractivity contribution in [2.24, 2.45) is 11.1 Å². The number of nitrogens with zero attached hydrogens (tertiary/aromatic N) is 1. The minimum absolute atomic E-state index is 0.0566. The number of rotatable bonds is 4. The molecule has 1 unspecified atom stereocenters. The van der Waals surface area contributed by atoms with E-state index in [0.717, 1.165) is 6.42 Å². The van der Waals surface area contributed by atoms with Gasteiger partial charge in [-0.3, -0.25) is 4.79 Å². The Bertz CT molecular complexity index is 380. The van der Waals surface area contributed by atoms with E-state index >= 15 is 0 Å². The highest BCUT2D eigenvalue weighted by atomic mass is 16.1. The van der Waals surface area contributed by atoms with Crippen LogP contribution in [-0.2, 0) is 0 Å². The number of H-pyrrole nitrogens is 1. The topological polar surface area (TPSA) is 83.8 Å². The molecule has 5 heteroatoms. The summed E-state index contributed by atoms with van der Waals surface area (Å²) < 4.78 is 0. The summed E-state index contributed by atoms with van der Waals surface area (Å²) in [6.45, 7) is 7.07. The number of hydrogen-bond acceptors (Lipinski definition) is 4. The van der Waals surface area contributed by atoms with E-state index in [1.54, 1.807) is 0 Å². The molecule has 0 saturated carbocycles. The van der Waals surface area contributed by atoms with Crippen molar-refractivity contribution in [1.82, 2.24) is 9.97 Å². The highest BCUT2D eigenvalue weighted by molar-refractivity contribution is 5.31. The predicted octanol–water partition coefficient (Wildman–Crippen LogP) is 0.945. The molecule has 0 spiro atoms. The summed E-state index contributed by atoms with van der Waals surface area (Å²) >= 11 is 0. The van der Waals surface area contributed by atoms with Crippen molar-refractivity contribution in [1.29, 1.82) is 0 Å². The van der Waals surface area contributed by atoms with Gasteiger partial charge in [-0.15, -0.1) is 0 Å². The number of hydrogen-bond donors (Lipinski definition) is 3. The maximum Gasteiger partial charge on any atom is 0.252 e. The van der Waals surface area contributed by atoms with Gasteiger partial charge in [0.2, 0.25) is 0 Å². The number of anilines is 1. The summed E-state index contributed by atoms with van der Waals surface area (Å²) in [5.74, 6) is 0.563. The van der Waals surface area contributed by atoms with E-state index < -0.39 is 0 Å². The second-order valence-electron chi connectivity index (χ2n) is 5.20. The molecule has 5 nitrogen and oxygen atoms in total. The van der Waals surface area contributed by atoms with Crippen LogP contribution < -0.4 is 16.6 Å². The Morgan fingerprint density at radius 1 is 1.56 bits per heavy atom. The van der Waals surface area contributed by atoms with Gasteiger partial charge in [-0.1, -0.05) is 20.8 Å². The van der Waals surface area contributed by atoms with Gasteiger partial charge in [0, 0.05) is 18.7 Å². The summed E-state index contributed by atoms with van der Waals surface area (Å²) in [4.78, 5) is 17.4. The number of aromatic nitrogens is 2. The fourth-order valence-electron chi connectivity index (χ4n) is 1.56. The fraction of sp³-hybridized carbons (Fsp3) is 0.636. The quantitative estimate of drug-likeness (QED) is 0.711. The van der Waals surface area contributed by atoms with E-state index in [-0.39, 0.29) is 17.0 Å². The van der Waals surface area contributed by atoms with Crippen molar-refractivity contribution in [2.75, 3.05) is 11.9 Å². The Hall–Kier alpha value is -1.36. The van der Waals surface area contributed by atoms with Crippen molar-refractivity contribution in [2.45, 2.75) is 33.2 Å². The molecular formula is C11H20N4O. The molecule has 0 amide bonds. The first-order valence-electron chi connectivity index (χ1n) is 5.41. The third kappa shape index (κ3) is 4.93. The van der Waals surface area contributed by atoms with E-state index in [1.807, 2.05) is 0 Å². The average molecular weight is 224 g/mol. The van der Waals surface area contributed by atoms with Crippen molar-refractivity contribution in [3.8, 4) is 0 Å². The normalized spacial score (nSPS) is 13.5. The van der Waals surface area contributed by atoms with Crippen molar-refractivity contribution >= 4 is 5.82 Å². The molecule has 1 atom stereocenters. The summed E-state index contributed by atoms with van der Waals surface area (Å²) in [7, 11) is 0. The third-order valence-electron chi connectivity index (χ3n) is 2.10. The van der Waals surface area contributed by atoms with E-state index in [9.17, 15) is 4.79 Å². The molecule has 90 valence electrons. The smallest absolute Gasteiger partial charge is 0.252 e. The van der Waals surface area contributed by atoms with Crippen LogP contribution in [0.3, 0.4) is 0 Å². The minimum Gasteiger partial charge on any atom is -0.368 e. The average Bonchev–Trinajstić information content (AvgIpc) is 2.12. The monoisotopic (exact) mass is 224 g/mol. The lowest BCUT2D eigenvalue weighted by Crippen LogP contribution is -2.33. The molecule has 0 aliphatic carbocycles. The maximum atomic E-state index is 11.0. The third-order valence-corrected chi connectivity index (χ3v) is 2.10. The standard InChI is InChI=1S/C11H20N4O/c1-11(2,3)5-8(12)6-13-9-4-10(16)15-7-14-9/h4,7-8H,5-6,12H2,1-3H3,(H2,13,14,15,16). The number of nitrogens with one attached hydrogen (secondary N) is 2. The predicted molar refractivity (Wildman–Crippen MR) is 65.4 cm³/mol. The first kappa shape index (κ1) is 12.7. The first-order valence-corrected chi connectivity index (χ1v) is 5.41. The second kappa shape index (κ2) is 5.12.